The topological polar surface area (TPSA) is 66.5 Å². The fraction of sp³-hybridized carbons (Fsp3) is 0.400. The predicted molar refractivity (Wildman–Crippen MR) is 76.3 cm³/mol. The number of nitrogens with one attached hydrogen (secondary N) is 1. The van der Waals surface area contributed by atoms with Gasteiger partial charge < -0.3 is 5.32 Å². The minimum absolute atomic E-state index is 0.243. The fourth-order valence-corrected chi connectivity index (χ4v) is 2.64. The highest BCUT2D eigenvalue weighted by atomic mass is 15.3. The molecular formula is C15H17N5. The average Bonchev–Trinajstić information content (AvgIpc) is 2.97. The van der Waals surface area contributed by atoms with Crippen LogP contribution in [0.2, 0.25) is 0 Å². The van der Waals surface area contributed by atoms with Crippen LogP contribution in [0.15, 0.2) is 36.9 Å². The summed E-state index contributed by atoms with van der Waals surface area (Å²) in [6.45, 7) is 0. The first-order valence-corrected chi connectivity index (χ1v) is 6.96. The van der Waals surface area contributed by atoms with Crippen LogP contribution >= 0.6 is 0 Å². The molecule has 2 aromatic rings. The summed E-state index contributed by atoms with van der Waals surface area (Å²) in [5, 5.41) is 16.8. The van der Waals surface area contributed by atoms with Crippen LogP contribution in [-0.2, 0) is 0 Å². The van der Waals surface area contributed by atoms with E-state index in [2.05, 4.69) is 21.5 Å². The quantitative estimate of drug-likeness (QED) is 0.928. The van der Waals surface area contributed by atoms with Crippen molar-refractivity contribution >= 4 is 5.69 Å². The van der Waals surface area contributed by atoms with Crippen molar-refractivity contribution in [1.82, 2.24) is 14.8 Å². The Labute approximate surface area is 118 Å². The number of rotatable bonds is 3. The maximum atomic E-state index is 8.91. The monoisotopic (exact) mass is 267 g/mol. The third-order valence-corrected chi connectivity index (χ3v) is 3.79. The highest BCUT2D eigenvalue weighted by Crippen LogP contribution is 2.26. The van der Waals surface area contributed by atoms with Gasteiger partial charge in [-0.15, -0.1) is 0 Å². The zero-order chi connectivity index (χ0) is 13.8. The van der Waals surface area contributed by atoms with Crippen molar-refractivity contribution in [1.29, 1.82) is 5.26 Å². The molecule has 2 heterocycles. The second-order valence-corrected chi connectivity index (χ2v) is 5.20. The van der Waals surface area contributed by atoms with Crippen LogP contribution in [-0.4, -0.2) is 20.8 Å². The molecular weight excluding hydrogens is 250 g/mol. The van der Waals surface area contributed by atoms with E-state index in [1.54, 1.807) is 12.4 Å². The van der Waals surface area contributed by atoms with Gasteiger partial charge >= 0.3 is 0 Å². The number of pyridine rings is 1. The second-order valence-electron chi connectivity index (χ2n) is 5.20. The van der Waals surface area contributed by atoms with E-state index in [9.17, 15) is 0 Å². The summed E-state index contributed by atoms with van der Waals surface area (Å²) in [5.41, 5.74) is 2.03. The van der Waals surface area contributed by atoms with Crippen molar-refractivity contribution in [3.05, 3.63) is 36.9 Å². The Morgan fingerprint density at radius 1 is 1.20 bits per heavy atom. The lowest BCUT2D eigenvalue weighted by Gasteiger charge is -2.25. The van der Waals surface area contributed by atoms with Crippen LogP contribution in [0.4, 0.5) is 5.69 Å². The van der Waals surface area contributed by atoms with Gasteiger partial charge in [-0.1, -0.05) is 0 Å². The largest absolute Gasteiger partial charge is 0.380 e. The van der Waals surface area contributed by atoms with Gasteiger partial charge in [0.2, 0.25) is 0 Å². The molecule has 5 heteroatoms. The van der Waals surface area contributed by atoms with E-state index in [-0.39, 0.29) is 5.92 Å². The molecule has 0 aliphatic heterocycles. The molecule has 102 valence electrons. The van der Waals surface area contributed by atoms with Gasteiger partial charge in [-0.2, -0.15) is 10.4 Å². The molecule has 0 spiro atoms. The molecule has 1 N–H and O–H groups in total. The Morgan fingerprint density at radius 3 is 2.65 bits per heavy atom. The SMILES string of the molecule is N#CC1CCC(Nc2cnn(-c3ccncc3)c2)CC1. The number of nitriles is 1. The minimum atomic E-state index is 0.243. The van der Waals surface area contributed by atoms with E-state index in [0.29, 0.717) is 6.04 Å². The molecule has 3 rings (SSSR count). The number of anilines is 1. The van der Waals surface area contributed by atoms with Crippen LogP contribution in [0.25, 0.3) is 5.69 Å². The van der Waals surface area contributed by atoms with E-state index in [1.165, 1.54) is 0 Å². The molecule has 1 saturated carbocycles. The first-order chi connectivity index (χ1) is 9.85. The molecule has 0 unspecified atom stereocenters. The summed E-state index contributed by atoms with van der Waals surface area (Å²) >= 11 is 0. The number of nitrogens with zero attached hydrogens (tertiary/aromatic N) is 4. The van der Waals surface area contributed by atoms with Crippen molar-refractivity contribution in [2.75, 3.05) is 5.32 Å². The molecule has 0 aromatic carbocycles. The highest BCUT2D eigenvalue weighted by Gasteiger charge is 2.20. The van der Waals surface area contributed by atoms with Gasteiger partial charge in [0, 0.05) is 24.4 Å². The average molecular weight is 267 g/mol. The van der Waals surface area contributed by atoms with Crippen molar-refractivity contribution in [3.63, 3.8) is 0 Å². The molecule has 1 fully saturated rings. The molecule has 0 radical (unpaired) electrons. The number of hydrogen-bond donors (Lipinski definition) is 1. The lowest BCUT2D eigenvalue weighted by atomic mass is 9.87. The van der Waals surface area contributed by atoms with Gasteiger partial charge in [0.15, 0.2) is 0 Å². The summed E-state index contributed by atoms with van der Waals surface area (Å²) < 4.78 is 1.84. The third-order valence-electron chi connectivity index (χ3n) is 3.79. The summed E-state index contributed by atoms with van der Waals surface area (Å²) in [4.78, 5) is 4.00. The lowest BCUT2D eigenvalue weighted by Crippen LogP contribution is -2.25. The Hall–Kier alpha value is -2.35. The maximum absolute atomic E-state index is 8.91. The van der Waals surface area contributed by atoms with Crippen LogP contribution in [0, 0.1) is 17.2 Å². The Kier molecular flexibility index (Phi) is 3.64. The molecule has 5 nitrogen and oxygen atoms in total. The van der Waals surface area contributed by atoms with E-state index < -0.39 is 0 Å². The van der Waals surface area contributed by atoms with Gasteiger partial charge in [-0.05, 0) is 37.8 Å². The normalized spacial score (nSPS) is 22.1. The maximum Gasteiger partial charge on any atom is 0.0733 e. The Bertz CT molecular complexity index is 590. The van der Waals surface area contributed by atoms with Crippen molar-refractivity contribution in [2.45, 2.75) is 31.7 Å². The van der Waals surface area contributed by atoms with Crippen molar-refractivity contribution in [2.24, 2.45) is 5.92 Å². The van der Waals surface area contributed by atoms with Gasteiger partial charge in [0.05, 0.1) is 29.8 Å². The minimum Gasteiger partial charge on any atom is -0.380 e. The molecule has 0 saturated heterocycles. The number of aromatic nitrogens is 3. The zero-order valence-corrected chi connectivity index (χ0v) is 11.2. The fourth-order valence-electron chi connectivity index (χ4n) is 2.64. The Morgan fingerprint density at radius 2 is 1.95 bits per heavy atom. The molecule has 20 heavy (non-hydrogen) atoms. The molecule has 2 aromatic heterocycles. The molecule has 1 aliphatic rings. The van der Waals surface area contributed by atoms with E-state index in [1.807, 2.05) is 29.2 Å². The molecule has 0 atom stereocenters. The van der Waals surface area contributed by atoms with E-state index in [0.717, 1.165) is 37.1 Å². The predicted octanol–water partition coefficient (Wildman–Crippen LogP) is 2.76. The van der Waals surface area contributed by atoms with Gasteiger partial charge in [0.25, 0.3) is 0 Å². The van der Waals surface area contributed by atoms with Gasteiger partial charge in [-0.25, -0.2) is 4.68 Å². The van der Waals surface area contributed by atoms with Gasteiger partial charge in [-0.3, -0.25) is 4.98 Å². The standard InChI is InChI=1S/C15H17N5/c16-9-12-1-3-13(4-2-12)19-14-10-18-20(11-14)15-5-7-17-8-6-15/h5-8,10-13,19H,1-4H2. The molecule has 0 amide bonds. The van der Waals surface area contributed by atoms with Gasteiger partial charge in [0.1, 0.15) is 0 Å². The lowest BCUT2D eigenvalue weighted by molar-refractivity contribution is 0.397. The van der Waals surface area contributed by atoms with E-state index >= 15 is 0 Å². The van der Waals surface area contributed by atoms with Crippen LogP contribution in [0.3, 0.4) is 0 Å². The first-order valence-electron chi connectivity index (χ1n) is 6.96. The molecule has 0 bridgehead atoms. The summed E-state index contributed by atoms with van der Waals surface area (Å²) in [5.74, 6) is 0.243. The van der Waals surface area contributed by atoms with Crippen molar-refractivity contribution < 1.29 is 0 Å². The number of hydrogen-bond acceptors (Lipinski definition) is 4. The first kappa shape index (κ1) is 12.7. The zero-order valence-electron chi connectivity index (χ0n) is 11.2. The van der Waals surface area contributed by atoms with Crippen LogP contribution < -0.4 is 5.32 Å². The summed E-state index contributed by atoms with van der Waals surface area (Å²) in [7, 11) is 0. The second kappa shape index (κ2) is 5.74. The highest BCUT2D eigenvalue weighted by molar-refractivity contribution is 5.42. The summed E-state index contributed by atoms with van der Waals surface area (Å²) in [6, 6.07) is 6.67. The van der Waals surface area contributed by atoms with Crippen molar-refractivity contribution in [3.8, 4) is 11.8 Å². The summed E-state index contributed by atoms with van der Waals surface area (Å²) in [6.07, 6.45) is 11.4. The third kappa shape index (κ3) is 2.80. The smallest absolute Gasteiger partial charge is 0.0733 e. The van der Waals surface area contributed by atoms with Crippen LogP contribution in [0.1, 0.15) is 25.7 Å². The van der Waals surface area contributed by atoms with E-state index in [4.69, 9.17) is 5.26 Å². The molecule has 1 aliphatic carbocycles. The van der Waals surface area contributed by atoms with Crippen LogP contribution in [0.5, 0.6) is 0 Å². The Balaban J connectivity index is 1.62.